The number of hydrogen-bond acceptors (Lipinski definition) is 4. The average Bonchev–Trinajstić information content (AvgIpc) is 2.90. The molecule has 0 aliphatic heterocycles. The second-order valence-corrected chi connectivity index (χ2v) is 7.57. The van der Waals surface area contributed by atoms with Crippen LogP contribution in [0.1, 0.15) is 56.8 Å². The van der Waals surface area contributed by atoms with Crippen molar-refractivity contribution in [2.45, 2.75) is 52.4 Å². The van der Waals surface area contributed by atoms with Crippen LogP contribution >= 0.6 is 11.3 Å². The molecule has 0 amide bonds. The Bertz CT molecular complexity index is 614. The van der Waals surface area contributed by atoms with Gasteiger partial charge in [-0.2, -0.15) is 0 Å². The summed E-state index contributed by atoms with van der Waals surface area (Å²) in [5.74, 6) is 0.784. The van der Waals surface area contributed by atoms with Crippen molar-refractivity contribution < 1.29 is 4.74 Å². The minimum Gasteiger partial charge on any atom is -0.491 e. The maximum absolute atomic E-state index is 6.09. The summed E-state index contributed by atoms with van der Waals surface area (Å²) in [5, 5.41) is 3.28. The quantitative estimate of drug-likeness (QED) is 0.615. The van der Waals surface area contributed by atoms with E-state index in [9.17, 15) is 0 Å². The van der Waals surface area contributed by atoms with Crippen molar-refractivity contribution in [1.29, 1.82) is 0 Å². The predicted molar refractivity (Wildman–Crippen MR) is 94.9 cm³/mol. The van der Waals surface area contributed by atoms with E-state index in [0.29, 0.717) is 5.69 Å². The summed E-state index contributed by atoms with van der Waals surface area (Å²) < 4.78 is 5.69. The molecule has 2 aromatic rings. The van der Waals surface area contributed by atoms with Crippen molar-refractivity contribution in [2.75, 3.05) is 12.3 Å². The molecule has 1 heterocycles. The third kappa shape index (κ3) is 4.47. The lowest BCUT2D eigenvalue weighted by atomic mass is 9.93. The lowest BCUT2D eigenvalue weighted by molar-refractivity contribution is 0.311. The van der Waals surface area contributed by atoms with Gasteiger partial charge in [0.25, 0.3) is 0 Å². The van der Waals surface area contributed by atoms with Crippen molar-refractivity contribution in [1.82, 2.24) is 4.98 Å². The van der Waals surface area contributed by atoms with Crippen LogP contribution in [0.3, 0.4) is 0 Å². The highest BCUT2D eigenvalue weighted by molar-refractivity contribution is 7.09. The van der Waals surface area contributed by atoms with E-state index in [1.807, 2.05) is 12.1 Å². The first-order valence-corrected chi connectivity index (χ1v) is 8.74. The molecule has 0 saturated carbocycles. The molecular formula is C18H26N2OS. The molecule has 0 bridgehead atoms. The lowest BCUT2D eigenvalue weighted by Gasteiger charge is -2.14. The number of unbranched alkanes of at least 4 members (excludes halogenated alkanes) is 1. The van der Waals surface area contributed by atoms with Gasteiger partial charge in [0.05, 0.1) is 23.0 Å². The largest absolute Gasteiger partial charge is 0.491 e. The minimum absolute atomic E-state index is 0.102. The zero-order chi connectivity index (χ0) is 16.2. The lowest BCUT2D eigenvalue weighted by Crippen LogP contribution is -2.11. The summed E-state index contributed by atoms with van der Waals surface area (Å²) >= 11 is 1.71. The number of nitrogens with zero attached hydrogens (tertiary/aromatic N) is 1. The number of ether oxygens (including phenoxy) is 1. The van der Waals surface area contributed by atoms with Crippen molar-refractivity contribution in [3.05, 3.63) is 39.8 Å². The first-order valence-electron chi connectivity index (χ1n) is 7.86. The van der Waals surface area contributed by atoms with E-state index in [-0.39, 0.29) is 5.41 Å². The van der Waals surface area contributed by atoms with Crippen LogP contribution in [0.15, 0.2) is 23.6 Å². The second kappa shape index (κ2) is 7.14. The molecule has 0 aliphatic rings. The van der Waals surface area contributed by atoms with Crippen LogP contribution in [0.4, 0.5) is 5.69 Å². The van der Waals surface area contributed by atoms with Crippen molar-refractivity contribution >= 4 is 17.0 Å². The van der Waals surface area contributed by atoms with Gasteiger partial charge >= 0.3 is 0 Å². The molecule has 0 atom stereocenters. The third-order valence-electron chi connectivity index (χ3n) is 3.51. The maximum Gasteiger partial charge on any atom is 0.142 e. The smallest absolute Gasteiger partial charge is 0.142 e. The van der Waals surface area contributed by atoms with Gasteiger partial charge < -0.3 is 10.5 Å². The highest BCUT2D eigenvalue weighted by Crippen LogP contribution is 2.27. The van der Waals surface area contributed by atoms with Crippen LogP contribution in [0.25, 0.3) is 0 Å². The third-order valence-corrected chi connectivity index (χ3v) is 4.35. The molecule has 0 spiro atoms. The van der Waals surface area contributed by atoms with Crippen LogP contribution in [-0.2, 0) is 11.8 Å². The Kier molecular flexibility index (Phi) is 5.46. The van der Waals surface area contributed by atoms with Crippen LogP contribution in [-0.4, -0.2) is 11.6 Å². The van der Waals surface area contributed by atoms with E-state index in [0.717, 1.165) is 42.3 Å². The molecule has 0 saturated heterocycles. The van der Waals surface area contributed by atoms with E-state index in [1.165, 1.54) is 5.56 Å². The molecule has 0 radical (unpaired) electrons. The van der Waals surface area contributed by atoms with Crippen LogP contribution in [0.2, 0.25) is 0 Å². The Balaban J connectivity index is 2.04. The van der Waals surface area contributed by atoms with Crippen LogP contribution in [0, 0.1) is 0 Å². The number of nitrogens with two attached hydrogens (primary N) is 1. The molecule has 0 fully saturated rings. The van der Waals surface area contributed by atoms with Gasteiger partial charge in [0.1, 0.15) is 5.75 Å². The Morgan fingerprint density at radius 3 is 2.64 bits per heavy atom. The number of hydrogen-bond donors (Lipinski definition) is 1. The summed E-state index contributed by atoms with van der Waals surface area (Å²) in [4.78, 5) is 4.74. The maximum atomic E-state index is 6.09. The highest BCUT2D eigenvalue weighted by atomic mass is 32.1. The van der Waals surface area contributed by atoms with E-state index in [1.54, 1.807) is 11.3 Å². The van der Waals surface area contributed by atoms with Crippen LogP contribution < -0.4 is 10.5 Å². The Morgan fingerprint density at radius 2 is 2.05 bits per heavy atom. The van der Waals surface area contributed by atoms with E-state index < -0.39 is 0 Å². The van der Waals surface area contributed by atoms with Crippen LogP contribution in [0.5, 0.6) is 5.75 Å². The van der Waals surface area contributed by atoms with Gasteiger partial charge in [0.2, 0.25) is 0 Å². The Hall–Kier alpha value is -1.55. The summed E-state index contributed by atoms with van der Waals surface area (Å²) in [6, 6.07) is 6.05. The normalized spacial score (nSPS) is 11.6. The van der Waals surface area contributed by atoms with Gasteiger partial charge in [0, 0.05) is 17.2 Å². The van der Waals surface area contributed by atoms with Gasteiger partial charge in [-0.15, -0.1) is 11.3 Å². The predicted octanol–water partition coefficient (Wildman–Crippen LogP) is 4.79. The molecule has 22 heavy (non-hydrogen) atoms. The van der Waals surface area contributed by atoms with Gasteiger partial charge in [0.15, 0.2) is 0 Å². The number of anilines is 1. The number of rotatable bonds is 6. The number of aromatic nitrogens is 1. The first kappa shape index (κ1) is 16.8. The molecular weight excluding hydrogens is 292 g/mol. The number of nitrogen functional groups attached to an aromatic ring is 1. The van der Waals surface area contributed by atoms with Gasteiger partial charge in [-0.3, -0.25) is 0 Å². The van der Waals surface area contributed by atoms with E-state index >= 15 is 0 Å². The molecule has 2 N–H and O–H groups in total. The standard InChI is InChI=1S/C18H26N2OS/c1-5-6-9-21-15-8-7-13(10-14(15)19)11-17-20-16(12-22-17)18(2,3)4/h7-8,10,12H,5-6,9,11,19H2,1-4H3. The molecule has 2 rings (SSSR count). The molecule has 0 aliphatic carbocycles. The minimum atomic E-state index is 0.102. The highest BCUT2D eigenvalue weighted by Gasteiger charge is 2.17. The monoisotopic (exact) mass is 318 g/mol. The number of benzene rings is 1. The SMILES string of the molecule is CCCCOc1ccc(Cc2nc(C(C)(C)C)cs2)cc1N. The summed E-state index contributed by atoms with van der Waals surface area (Å²) in [6.07, 6.45) is 2.99. The molecule has 1 aromatic carbocycles. The average molecular weight is 318 g/mol. The van der Waals surface area contributed by atoms with Crippen molar-refractivity contribution in [2.24, 2.45) is 0 Å². The number of thiazole rings is 1. The van der Waals surface area contributed by atoms with Gasteiger partial charge in [-0.05, 0) is 24.1 Å². The van der Waals surface area contributed by atoms with Gasteiger partial charge in [-0.25, -0.2) is 4.98 Å². The van der Waals surface area contributed by atoms with E-state index in [4.69, 9.17) is 15.5 Å². The molecule has 3 nitrogen and oxygen atoms in total. The fourth-order valence-corrected chi connectivity index (χ4v) is 3.13. The molecule has 0 unspecified atom stereocenters. The van der Waals surface area contributed by atoms with Gasteiger partial charge in [-0.1, -0.05) is 40.2 Å². The summed E-state index contributed by atoms with van der Waals surface area (Å²) in [6.45, 7) is 9.43. The molecule has 1 aromatic heterocycles. The Labute approximate surface area is 137 Å². The zero-order valence-corrected chi connectivity index (χ0v) is 14.8. The topological polar surface area (TPSA) is 48.1 Å². The molecule has 120 valence electrons. The summed E-state index contributed by atoms with van der Waals surface area (Å²) in [7, 11) is 0. The van der Waals surface area contributed by atoms with Crippen molar-refractivity contribution in [3.63, 3.8) is 0 Å². The molecule has 4 heteroatoms. The zero-order valence-electron chi connectivity index (χ0n) is 14.0. The van der Waals surface area contributed by atoms with Crippen molar-refractivity contribution in [3.8, 4) is 5.75 Å². The summed E-state index contributed by atoms with van der Waals surface area (Å²) in [5.41, 5.74) is 9.23. The fraction of sp³-hybridized carbons (Fsp3) is 0.500. The fourth-order valence-electron chi connectivity index (χ4n) is 2.08. The Morgan fingerprint density at radius 1 is 1.27 bits per heavy atom. The first-order chi connectivity index (χ1) is 10.4. The van der Waals surface area contributed by atoms with E-state index in [2.05, 4.69) is 39.1 Å². The second-order valence-electron chi connectivity index (χ2n) is 6.63.